The van der Waals surface area contributed by atoms with Crippen molar-refractivity contribution in [2.45, 2.75) is 11.2 Å². The van der Waals surface area contributed by atoms with Crippen molar-refractivity contribution in [3.63, 3.8) is 0 Å². The number of rotatable bonds is 2. The second-order valence-electron chi connectivity index (χ2n) is 4.30. The van der Waals surface area contributed by atoms with E-state index in [0.717, 1.165) is 28.3 Å². The average Bonchev–Trinajstić information content (AvgIpc) is 2.72. The maximum atomic E-state index is 5.73. The Morgan fingerprint density at radius 1 is 1.05 bits per heavy atom. The molecule has 0 saturated carbocycles. The Hall–Kier alpha value is -0.520. The van der Waals surface area contributed by atoms with Crippen LogP contribution in [0.2, 0.25) is 0 Å². The molecular formula is C14H12Br2O2S. The van der Waals surface area contributed by atoms with Crippen LogP contribution in [0, 0.1) is 0 Å². The maximum absolute atomic E-state index is 5.73. The van der Waals surface area contributed by atoms with E-state index in [-0.39, 0.29) is 4.83 Å². The fraction of sp³-hybridized carbons (Fsp3) is 0.286. The number of halogens is 2. The van der Waals surface area contributed by atoms with Crippen LogP contribution in [-0.2, 0) is 0 Å². The fourth-order valence-electron chi connectivity index (χ4n) is 1.99. The first-order valence-corrected chi connectivity index (χ1v) is 8.60. The Morgan fingerprint density at radius 2 is 1.84 bits per heavy atom. The third kappa shape index (κ3) is 2.98. The highest BCUT2D eigenvalue weighted by atomic mass is 79.9. The lowest BCUT2D eigenvalue weighted by Crippen LogP contribution is -1.97. The van der Waals surface area contributed by atoms with Crippen LogP contribution in [0.4, 0.5) is 0 Å². The molecule has 0 spiro atoms. The van der Waals surface area contributed by atoms with Crippen molar-refractivity contribution in [2.75, 3.05) is 13.2 Å². The van der Waals surface area contributed by atoms with Gasteiger partial charge in [-0.05, 0) is 50.6 Å². The highest BCUT2D eigenvalue weighted by Gasteiger charge is 2.16. The van der Waals surface area contributed by atoms with Gasteiger partial charge in [0.05, 0.1) is 21.8 Å². The minimum Gasteiger partial charge on any atom is -0.490 e. The zero-order valence-corrected chi connectivity index (χ0v) is 14.1. The van der Waals surface area contributed by atoms with Gasteiger partial charge in [0.2, 0.25) is 0 Å². The number of fused-ring (bicyclic) bond motifs is 1. The Morgan fingerprint density at radius 3 is 2.58 bits per heavy atom. The van der Waals surface area contributed by atoms with E-state index in [9.17, 15) is 0 Å². The molecule has 1 aromatic carbocycles. The predicted molar refractivity (Wildman–Crippen MR) is 84.8 cm³/mol. The number of alkyl halides is 1. The molecule has 1 aliphatic rings. The average molecular weight is 404 g/mol. The minimum atomic E-state index is 0.173. The van der Waals surface area contributed by atoms with Crippen molar-refractivity contribution < 1.29 is 9.47 Å². The van der Waals surface area contributed by atoms with Crippen molar-refractivity contribution in [3.8, 4) is 11.5 Å². The van der Waals surface area contributed by atoms with Crippen LogP contribution in [0.3, 0.4) is 0 Å². The molecule has 2 aromatic rings. The lowest BCUT2D eigenvalue weighted by atomic mass is 10.1. The van der Waals surface area contributed by atoms with Gasteiger partial charge in [-0.2, -0.15) is 0 Å². The van der Waals surface area contributed by atoms with Gasteiger partial charge in [-0.15, -0.1) is 11.3 Å². The normalized spacial score (nSPS) is 15.9. The van der Waals surface area contributed by atoms with Crippen molar-refractivity contribution in [1.82, 2.24) is 0 Å². The van der Waals surface area contributed by atoms with E-state index in [4.69, 9.17) is 9.47 Å². The number of thiophene rings is 1. The van der Waals surface area contributed by atoms with Crippen LogP contribution in [-0.4, -0.2) is 13.2 Å². The smallest absolute Gasteiger partial charge is 0.161 e. The molecule has 2 heterocycles. The third-order valence-electron chi connectivity index (χ3n) is 2.94. The first-order chi connectivity index (χ1) is 9.24. The molecule has 0 fully saturated rings. The van der Waals surface area contributed by atoms with E-state index in [2.05, 4.69) is 55.4 Å². The van der Waals surface area contributed by atoms with Crippen LogP contribution < -0.4 is 9.47 Å². The third-order valence-corrected chi connectivity index (χ3v) is 5.52. The quantitative estimate of drug-likeness (QED) is 0.645. The van der Waals surface area contributed by atoms with E-state index < -0.39 is 0 Å². The molecule has 0 bridgehead atoms. The zero-order valence-electron chi connectivity index (χ0n) is 10.1. The fourth-order valence-corrected chi connectivity index (χ4v) is 3.91. The number of hydrogen-bond donors (Lipinski definition) is 0. The van der Waals surface area contributed by atoms with Crippen LogP contribution >= 0.6 is 43.2 Å². The molecule has 1 aromatic heterocycles. The summed E-state index contributed by atoms with van der Waals surface area (Å²) >= 11 is 8.93. The van der Waals surface area contributed by atoms with E-state index in [1.807, 2.05) is 6.07 Å². The van der Waals surface area contributed by atoms with Crippen LogP contribution in [0.15, 0.2) is 33.4 Å². The van der Waals surface area contributed by atoms with Crippen molar-refractivity contribution in [3.05, 3.63) is 44.6 Å². The van der Waals surface area contributed by atoms with Crippen molar-refractivity contribution in [1.29, 1.82) is 0 Å². The van der Waals surface area contributed by atoms with E-state index in [0.29, 0.717) is 6.61 Å². The molecule has 0 amide bonds. The minimum absolute atomic E-state index is 0.173. The van der Waals surface area contributed by atoms with Crippen molar-refractivity contribution >= 4 is 43.2 Å². The summed E-state index contributed by atoms with van der Waals surface area (Å²) in [5.41, 5.74) is 2.42. The first-order valence-electron chi connectivity index (χ1n) is 6.01. The largest absolute Gasteiger partial charge is 0.490 e. The molecule has 1 unspecified atom stereocenters. The molecule has 100 valence electrons. The highest BCUT2D eigenvalue weighted by Crippen LogP contribution is 2.39. The van der Waals surface area contributed by atoms with Gasteiger partial charge in [-0.3, -0.25) is 0 Å². The summed E-state index contributed by atoms with van der Waals surface area (Å²) in [4.78, 5) is 0.173. The standard InChI is InChI=1S/C14H12Br2O2S/c15-13-7-10(8-19-13)14(16)9-2-3-11-12(6-9)18-5-1-4-17-11/h2-3,6-8,14H,1,4-5H2. The van der Waals surface area contributed by atoms with E-state index in [1.165, 1.54) is 11.1 Å². The van der Waals surface area contributed by atoms with Gasteiger partial charge >= 0.3 is 0 Å². The second-order valence-corrected chi connectivity index (χ2v) is 7.51. The van der Waals surface area contributed by atoms with Gasteiger partial charge in [0.25, 0.3) is 0 Å². The summed E-state index contributed by atoms with van der Waals surface area (Å²) in [6.45, 7) is 1.44. The lowest BCUT2D eigenvalue weighted by Gasteiger charge is -2.12. The molecular weight excluding hydrogens is 392 g/mol. The monoisotopic (exact) mass is 402 g/mol. The second kappa shape index (κ2) is 5.85. The summed E-state index contributed by atoms with van der Waals surface area (Å²) in [7, 11) is 0. The van der Waals surface area contributed by atoms with E-state index >= 15 is 0 Å². The Balaban J connectivity index is 1.91. The maximum Gasteiger partial charge on any atom is 0.161 e. The summed E-state index contributed by atoms with van der Waals surface area (Å²) in [6.07, 6.45) is 0.930. The van der Waals surface area contributed by atoms with Gasteiger partial charge in [0.15, 0.2) is 11.5 Å². The number of hydrogen-bond acceptors (Lipinski definition) is 3. The molecule has 19 heavy (non-hydrogen) atoms. The summed E-state index contributed by atoms with van der Waals surface area (Å²) in [5, 5.41) is 2.15. The molecule has 0 N–H and O–H groups in total. The SMILES string of the molecule is Brc1cc(C(Br)c2ccc3c(c2)OCCCO3)cs1. The van der Waals surface area contributed by atoms with Crippen molar-refractivity contribution in [2.24, 2.45) is 0 Å². The highest BCUT2D eigenvalue weighted by molar-refractivity contribution is 9.11. The number of benzene rings is 1. The summed E-state index contributed by atoms with van der Waals surface area (Å²) < 4.78 is 12.5. The van der Waals surface area contributed by atoms with Gasteiger partial charge < -0.3 is 9.47 Å². The van der Waals surface area contributed by atoms with E-state index in [1.54, 1.807) is 11.3 Å². The number of ether oxygens (including phenoxy) is 2. The van der Waals surface area contributed by atoms with Crippen LogP contribution in [0.5, 0.6) is 11.5 Å². The molecule has 3 rings (SSSR count). The summed E-state index contributed by atoms with van der Waals surface area (Å²) in [6, 6.07) is 8.27. The Bertz CT molecular complexity index is 583. The lowest BCUT2D eigenvalue weighted by molar-refractivity contribution is 0.297. The molecule has 1 atom stereocenters. The Kier molecular flexibility index (Phi) is 4.15. The molecule has 0 radical (unpaired) electrons. The first kappa shape index (κ1) is 13.5. The van der Waals surface area contributed by atoms with Gasteiger partial charge in [0, 0.05) is 6.42 Å². The molecule has 5 heteroatoms. The van der Waals surface area contributed by atoms with Gasteiger partial charge in [-0.1, -0.05) is 22.0 Å². The van der Waals surface area contributed by atoms with Crippen LogP contribution in [0.1, 0.15) is 22.4 Å². The van der Waals surface area contributed by atoms with Crippen LogP contribution in [0.25, 0.3) is 0 Å². The molecule has 0 aliphatic carbocycles. The Labute approximate surface area is 133 Å². The topological polar surface area (TPSA) is 18.5 Å². The molecule has 1 aliphatic heterocycles. The van der Waals surface area contributed by atoms with Gasteiger partial charge in [0.1, 0.15) is 0 Å². The molecule has 0 saturated heterocycles. The zero-order chi connectivity index (χ0) is 13.2. The van der Waals surface area contributed by atoms with Gasteiger partial charge in [-0.25, -0.2) is 0 Å². The molecule has 2 nitrogen and oxygen atoms in total. The predicted octanol–water partition coefficient (Wildman–Crippen LogP) is 5.16. The summed E-state index contributed by atoms with van der Waals surface area (Å²) in [5.74, 6) is 1.68.